The summed E-state index contributed by atoms with van der Waals surface area (Å²) in [6.45, 7) is 0. The predicted molar refractivity (Wildman–Crippen MR) is 63.0 cm³/mol. The summed E-state index contributed by atoms with van der Waals surface area (Å²) in [7, 11) is 1.79. The molecule has 2 aromatic rings. The van der Waals surface area contributed by atoms with Gasteiger partial charge in [-0.1, -0.05) is 12.1 Å². The number of nitrogens with one attached hydrogen (secondary N) is 1. The minimum absolute atomic E-state index is 0.298. The van der Waals surface area contributed by atoms with Crippen molar-refractivity contribution in [3.63, 3.8) is 0 Å². The Morgan fingerprint density at radius 2 is 2.29 bits per heavy atom. The van der Waals surface area contributed by atoms with Gasteiger partial charge in [0.1, 0.15) is 12.0 Å². The summed E-state index contributed by atoms with van der Waals surface area (Å²) in [6, 6.07) is 6.70. The average Bonchev–Trinajstić information content (AvgIpc) is 2.76. The van der Waals surface area contributed by atoms with Gasteiger partial charge in [-0.2, -0.15) is 0 Å². The molecule has 0 aliphatic rings. The highest BCUT2D eigenvalue weighted by Gasteiger charge is 2.08. The van der Waals surface area contributed by atoms with Crippen LogP contribution in [0.3, 0.4) is 0 Å². The van der Waals surface area contributed by atoms with Crippen LogP contribution < -0.4 is 5.32 Å². The Labute approximate surface area is 98.1 Å². The number of aldehydes is 1. The molecular formula is C12H11N3O2. The van der Waals surface area contributed by atoms with E-state index in [4.69, 9.17) is 0 Å². The first kappa shape index (κ1) is 11.1. The van der Waals surface area contributed by atoms with Crippen molar-refractivity contribution in [3.05, 3.63) is 48.0 Å². The first-order chi connectivity index (χ1) is 8.19. The summed E-state index contributed by atoms with van der Waals surface area (Å²) in [5.74, 6) is -0.298. The Bertz CT molecular complexity index is 560. The summed E-state index contributed by atoms with van der Waals surface area (Å²) >= 11 is 0. The number of rotatable bonds is 3. The molecule has 0 bridgehead atoms. The van der Waals surface area contributed by atoms with E-state index in [0.717, 1.165) is 6.29 Å². The first-order valence-electron chi connectivity index (χ1n) is 5.03. The van der Waals surface area contributed by atoms with Gasteiger partial charge >= 0.3 is 0 Å². The molecule has 5 heteroatoms. The maximum atomic E-state index is 11.8. The fraction of sp³-hybridized carbons (Fsp3) is 0.0833. The van der Waals surface area contributed by atoms with Gasteiger partial charge in [-0.3, -0.25) is 9.59 Å². The molecule has 1 aromatic heterocycles. The molecule has 1 aromatic carbocycles. The number of aromatic nitrogens is 2. The number of benzene rings is 1. The normalized spacial score (nSPS) is 9.94. The van der Waals surface area contributed by atoms with Gasteiger partial charge in [-0.25, -0.2) is 4.98 Å². The largest absolute Gasteiger partial charge is 0.340 e. The zero-order chi connectivity index (χ0) is 12.3. The van der Waals surface area contributed by atoms with Crippen LogP contribution in [0, 0.1) is 0 Å². The van der Waals surface area contributed by atoms with Crippen molar-refractivity contribution < 1.29 is 9.59 Å². The molecule has 17 heavy (non-hydrogen) atoms. The maximum absolute atomic E-state index is 11.8. The monoisotopic (exact) mass is 229 g/mol. The number of hydrogen-bond acceptors (Lipinski definition) is 3. The van der Waals surface area contributed by atoms with E-state index in [1.807, 2.05) is 0 Å². The second-order valence-electron chi connectivity index (χ2n) is 3.62. The zero-order valence-electron chi connectivity index (χ0n) is 9.25. The first-order valence-corrected chi connectivity index (χ1v) is 5.03. The highest BCUT2D eigenvalue weighted by molar-refractivity contribution is 6.03. The zero-order valence-corrected chi connectivity index (χ0v) is 9.25. The van der Waals surface area contributed by atoms with Crippen molar-refractivity contribution in [2.45, 2.75) is 0 Å². The van der Waals surface area contributed by atoms with Gasteiger partial charge in [0.05, 0.1) is 6.33 Å². The standard InChI is InChI=1S/C12H11N3O2/c1-15-6-11(13-8-15)12(17)14-10-4-2-3-9(5-10)7-16/h2-8H,1H3,(H,14,17). The Morgan fingerprint density at radius 1 is 1.47 bits per heavy atom. The number of carbonyl (C=O) groups is 2. The third kappa shape index (κ3) is 2.57. The van der Waals surface area contributed by atoms with Gasteiger partial charge in [0.15, 0.2) is 0 Å². The van der Waals surface area contributed by atoms with Crippen LogP contribution in [0.2, 0.25) is 0 Å². The molecule has 1 heterocycles. The van der Waals surface area contributed by atoms with Crippen LogP contribution >= 0.6 is 0 Å². The van der Waals surface area contributed by atoms with Crippen molar-refractivity contribution in [1.29, 1.82) is 0 Å². The Balaban J connectivity index is 2.15. The molecule has 0 saturated carbocycles. The van der Waals surface area contributed by atoms with Crippen molar-refractivity contribution in [1.82, 2.24) is 9.55 Å². The lowest BCUT2D eigenvalue weighted by molar-refractivity contribution is 0.102. The molecule has 0 saturated heterocycles. The third-order valence-electron chi connectivity index (χ3n) is 2.22. The smallest absolute Gasteiger partial charge is 0.275 e. The highest BCUT2D eigenvalue weighted by Crippen LogP contribution is 2.10. The summed E-state index contributed by atoms with van der Waals surface area (Å²) in [4.78, 5) is 26.3. The van der Waals surface area contributed by atoms with Crippen LogP contribution in [0.15, 0.2) is 36.8 Å². The lowest BCUT2D eigenvalue weighted by Crippen LogP contribution is -2.12. The van der Waals surface area contributed by atoms with E-state index in [1.54, 1.807) is 48.4 Å². The molecule has 5 nitrogen and oxygen atoms in total. The summed E-state index contributed by atoms with van der Waals surface area (Å²) in [5, 5.41) is 2.67. The topological polar surface area (TPSA) is 64.0 Å². The van der Waals surface area contributed by atoms with E-state index in [9.17, 15) is 9.59 Å². The number of carbonyl (C=O) groups excluding carboxylic acids is 2. The molecule has 0 spiro atoms. The van der Waals surface area contributed by atoms with Crippen molar-refractivity contribution >= 4 is 17.9 Å². The highest BCUT2D eigenvalue weighted by atomic mass is 16.2. The van der Waals surface area contributed by atoms with Crippen LogP contribution in [0.25, 0.3) is 0 Å². The van der Waals surface area contributed by atoms with Crippen LogP contribution in [0.1, 0.15) is 20.8 Å². The number of hydrogen-bond donors (Lipinski definition) is 1. The molecule has 0 atom stereocenters. The number of aryl methyl sites for hydroxylation is 1. The van der Waals surface area contributed by atoms with Crippen molar-refractivity contribution in [2.75, 3.05) is 5.32 Å². The molecule has 1 amide bonds. The van der Waals surface area contributed by atoms with Gasteiger partial charge in [-0.05, 0) is 12.1 Å². The lowest BCUT2D eigenvalue weighted by Gasteiger charge is -2.03. The van der Waals surface area contributed by atoms with Crippen LogP contribution in [0.5, 0.6) is 0 Å². The maximum Gasteiger partial charge on any atom is 0.275 e. The molecule has 86 valence electrons. The molecule has 0 fully saturated rings. The number of nitrogens with zero attached hydrogens (tertiary/aromatic N) is 2. The molecule has 0 aliphatic heterocycles. The number of anilines is 1. The van der Waals surface area contributed by atoms with E-state index in [0.29, 0.717) is 16.9 Å². The summed E-state index contributed by atoms with van der Waals surface area (Å²) < 4.78 is 1.69. The Kier molecular flexibility index (Phi) is 3.00. The van der Waals surface area contributed by atoms with E-state index in [-0.39, 0.29) is 5.91 Å². The molecule has 0 radical (unpaired) electrons. The van der Waals surface area contributed by atoms with Crippen LogP contribution in [-0.4, -0.2) is 21.7 Å². The fourth-order valence-electron chi connectivity index (χ4n) is 1.41. The SMILES string of the molecule is Cn1cnc(C(=O)Nc2cccc(C=O)c2)c1. The van der Waals surface area contributed by atoms with E-state index in [1.165, 1.54) is 0 Å². The number of imidazole rings is 1. The second kappa shape index (κ2) is 4.61. The van der Waals surface area contributed by atoms with Gasteiger partial charge < -0.3 is 9.88 Å². The van der Waals surface area contributed by atoms with E-state index >= 15 is 0 Å². The van der Waals surface area contributed by atoms with Crippen molar-refractivity contribution in [2.24, 2.45) is 7.05 Å². The minimum Gasteiger partial charge on any atom is -0.340 e. The number of amides is 1. The average molecular weight is 229 g/mol. The van der Waals surface area contributed by atoms with Gasteiger partial charge in [-0.15, -0.1) is 0 Å². The second-order valence-corrected chi connectivity index (χ2v) is 3.62. The molecule has 1 N–H and O–H groups in total. The Morgan fingerprint density at radius 3 is 2.94 bits per heavy atom. The molecule has 0 aliphatic carbocycles. The van der Waals surface area contributed by atoms with E-state index < -0.39 is 0 Å². The summed E-state index contributed by atoms with van der Waals surface area (Å²) in [5.41, 5.74) is 1.43. The van der Waals surface area contributed by atoms with Crippen LogP contribution in [-0.2, 0) is 7.05 Å². The summed E-state index contributed by atoms with van der Waals surface area (Å²) in [6.07, 6.45) is 3.91. The van der Waals surface area contributed by atoms with Crippen molar-refractivity contribution in [3.8, 4) is 0 Å². The Hall–Kier alpha value is -2.43. The van der Waals surface area contributed by atoms with Crippen LogP contribution in [0.4, 0.5) is 5.69 Å². The van der Waals surface area contributed by atoms with Gasteiger partial charge in [0, 0.05) is 24.5 Å². The molecule has 0 unspecified atom stereocenters. The molecular weight excluding hydrogens is 218 g/mol. The third-order valence-corrected chi connectivity index (χ3v) is 2.22. The lowest BCUT2D eigenvalue weighted by atomic mass is 10.2. The van der Waals surface area contributed by atoms with E-state index in [2.05, 4.69) is 10.3 Å². The fourth-order valence-corrected chi connectivity index (χ4v) is 1.41. The van der Waals surface area contributed by atoms with Gasteiger partial charge in [0.2, 0.25) is 0 Å². The minimum atomic E-state index is -0.298. The molecule has 2 rings (SSSR count). The quantitative estimate of drug-likeness (QED) is 0.811. The van der Waals surface area contributed by atoms with Gasteiger partial charge in [0.25, 0.3) is 5.91 Å². The predicted octanol–water partition coefficient (Wildman–Crippen LogP) is 1.48.